The van der Waals surface area contributed by atoms with E-state index in [1.807, 2.05) is 10.3 Å². The number of halogens is 1. The third-order valence-electron chi connectivity index (χ3n) is 5.63. The molecule has 174 valence electrons. The van der Waals surface area contributed by atoms with E-state index in [-0.39, 0.29) is 30.9 Å². The lowest BCUT2D eigenvalue weighted by molar-refractivity contribution is -0.138. The number of esters is 1. The van der Waals surface area contributed by atoms with Crippen LogP contribution < -0.4 is 5.32 Å². The summed E-state index contributed by atoms with van der Waals surface area (Å²) in [4.78, 5) is 32.1. The molecular formula is C24H26FN3O4S. The number of hydrogen-bond acceptors (Lipinski definition) is 7. The number of nitrogens with one attached hydrogen (secondary N) is 1. The fourth-order valence-electron chi connectivity index (χ4n) is 4.06. The summed E-state index contributed by atoms with van der Waals surface area (Å²) < 4.78 is 24.6. The van der Waals surface area contributed by atoms with Gasteiger partial charge in [-0.3, -0.25) is 4.79 Å². The van der Waals surface area contributed by atoms with E-state index in [1.165, 1.54) is 30.0 Å². The van der Waals surface area contributed by atoms with Crippen LogP contribution in [0.3, 0.4) is 0 Å². The van der Waals surface area contributed by atoms with Gasteiger partial charge in [-0.25, -0.2) is 14.2 Å². The number of rotatable bonds is 8. The Labute approximate surface area is 196 Å². The van der Waals surface area contributed by atoms with Gasteiger partial charge in [-0.05, 0) is 42.9 Å². The van der Waals surface area contributed by atoms with Crippen LogP contribution in [0.4, 0.5) is 4.39 Å². The molecule has 1 amide bonds. The minimum absolute atomic E-state index is 0.0526. The van der Waals surface area contributed by atoms with Gasteiger partial charge in [-0.1, -0.05) is 36.5 Å². The van der Waals surface area contributed by atoms with Gasteiger partial charge in [0.2, 0.25) is 5.91 Å². The lowest BCUT2D eigenvalue weighted by Gasteiger charge is -2.36. The van der Waals surface area contributed by atoms with Gasteiger partial charge in [-0.2, -0.15) is 0 Å². The standard InChI is InChI=1S/C24H26FN3O4S/c1-3-10-32-23(30)21-15(2)27-24-28(22(21)16-6-8-17(25)9-7-16)18(14-33-24)12-20(29)26-13-19-5-4-11-31-19/h3,6-9,14,19,22H,1,4-5,10-13H2,2H3,(H,26,29)/t19-,22+/m0/s1. The molecule has 33 heavy (non-hydrogen) atoms. The normalized spacial score (nSPS) is 21.9. The number of carbonyl (C=O) groups is 2. The van der Waals surface area contributed by atoms with Crippen molar-refractivity contribution in [3.05, 3.63) is 70.7 Å². The fourth-order valence-corrected chi connectivity index (χ4v) is 5.03. The summed E-state index contributed by atoms with van der Waals surface area (Å²) in [7, 11) is 0. The van der Waals surface area contributed by atoms with Gasteiger partial charge in [-0.15, -0.1) is 0 Å². The van der Waals surface area contributed by atoms with Crippen molar-refractivity contribution in [2.45, 2.75) is 38.3 Å². The number of thioether (sulfide) groups is 1. The zero-order valence-electron chi connectivity index (χ0n) is 18.4. The quantitative estimate of drug-likeness (QED) is 0.459. The van der Waals surface area contributed by atoms with Crippen molar-refractivity contribution in [2.75, 3.05) is 19.8 Å². The Morgan fingerprint density at radius 3 is 2.88 bits per heavy atom. The highest BCUT2D eigenvalue weighted by atomic mass is 32.2. The first-order valence-corrected chi connectivity index (χ1v) is 11.7. The predicted molar refractivity (Wildman–Crippen MR) is 125 cm³/mol. The molecule has 2 atom stereocenters. The molecule has 1 aromatic carbocycles. The van der Waals surface area contributed by atoms with Crippen LogP contribution in [0.25, 0.3) is 0 Å². The highest BCUT2D eigenvalue weighted by molar-refractivity contribution is 8.16. The van der Waals surface area contributed by atoms with Crippen LogP contribution in [0.1, 0.15) is 37.8 Å². The van der Waals surface area contributed by atoms with Crippen LogP contribution in [0.5, 0.6) is 0 Å². The lowest BCUT2D eigenvalue weighted by atomic mass is 9.94. The van der Waals surface area contributed by atoms with Gasteiger partial charge in [0.1, 0.15) is 12.4 Å². The van der Waals surface area contributed by atoms with Gasteiger partial charge in [0.15, 0.2) is 5.17 Å². The van der Waals surface area contributed by atoms with Crippen LogP contribution >= 0.6 is 11.8 Å². The summed E-state index contributed by atoms with van der Waals surface area (Å²) in [6, 6.07) is 5.38. The first-order valence-electron chi connectivity index (χ1n) is 10.8. The fraction of sp³-hybridized carbons (Fsp3) is 0.375. The van der Waals surface area contributed by atoms with E-state index in [1.54, 1.807) is 19.1 Å². The first kappa shape index (κ1) is 23.3. The van der Waals surface area contributed by atoms with E-state index in [2.05, 4.69) is 16.9 Å². The van der Waals surface area contributed by atoms with Crippen molar-refractivity contribution in [1.29, 1.82) is 0 Å². The van der Waals surface area contributed by atoms with Crippen LogP contribution in [-0.2, 0) is 19.1 Å². The Morgan fingerprint density at radius 1 is 1.39 bits per heavy atom. The monoisotopic (exact) mass is 471 g/mol. The van der Waals surface area contributed by atoms with E-state index in [0.717, 1.165) is 19.4 Å². The molecule has 0 aromatic heterocycles. The average molecular weight is 472 g/mol. The van der Waals surface area contributed by atoms with Crippen molar-refractivity contribution in [3.8, 4) is 0 Å². The molecule has 4 rings (SSSR count). The van der Waals surface area contributed by atoms with Crippen molar-refractivity contribution in [3.63, 3.8) is 0 Å². The summed E-state index contributed by atoms with van der Waals surface area (Å²) in [5.41, 5.74) is 2.27. The third kappa shape index (κ3) is 5.20. The number of benzene rings is 1. The molecule has 0 radical (unpaired) electrons. The SMILES string of the molecule is C=CCOC(=O)C1=C(C)N=C2SC=C(CC(=O)NC[C@@H]3CCCO3)N2[C@@H]1c1ccc(F)cc1. The van der Waals surface area contributed by atoms with E-state index in [4.69, 9.17) is 9.47 Å². The van der Waals surface area contributed by atoms with Crippen LogP contribution in [-0.4, -0.2) is 47.8 Å². The summed E-state index contributed by atoms with van der Waals surface area (Å²) in [6.07, 6.45) is 3.61. The van der Waals surface area contributed by atoms with Crippen molar-refractivity contribution < 1.29 is 23.5 Å². The highest BCUT2D eigenvalue weighted by Gasteiger charge is 2.41. The smallest absolute Gasteiger partial charge is 0.338 e. The van der Waals surface area contributed by atoms with Crippen LogP contribution in [0.2, 0.25) is 0 Å². The summed E-state index contributed by atoms with van der Waals surface area (Å²) in [5, 5.41) is 5.46. The molecule has 1 N–H and O–H groups in total. The Kier molecular flexibility index (Phi) is 7.29. The highest BCUT2D eigenvalue weighted by Crippen LogP contribution is 2.44. The van der Waals surface area contributed by atoms with Crippen LogP contribution in [0, 0.1) is 5.82 Å². The van der Waals surface area contributed by atoms with Gasteiger partial charge in [0.25, 0.3) is 0 Å². The zero-order valence-corrected chi connectivity index (χ0v) is 19.2. The topological polar surface area (TPSA) is 80.2 Å². The number of allylic oxidation sites excluding steroid dienone is 1. The summed E-state index contributed by atoms with van der Waals surface area (Å²) in [5.74, 6) is -1.04. The molecule has 3 heterocycles. The molecule has 0 spiro atoms. The van der Waals surface area contributed by atoms with E-state index in [0.29, 0.717) is 34.2 Å². The number of amidine groups is 1. The number of carbonyl (C=O) groups excluding carboxylic acids is 2. The van der Waals surface area contributed by atoms with Crippen LogP contribution in [0.15, 0.2) is 64.3 Å². The number of aliphatic imine (C=N–C) groups is 1. The van der Waals surface area contributed by atoms with Gasteiger partial charge < -0.3 is 19.7 Å². The Bertz CT molecular complexity index is 1030. The van der Waals surface area contributed by atoms with Crippen molar-refractivity contribution in [1.82, 2.24) is 10.2 Å². The molecule has 1 fully saturated rings. The second kappa shape index (κ2) is 10.4. The maximum Gasteiger partial charge on any atom is 0.338 e. The molecule has 7 nitrogen and oxygen atoms in total. The average Bonchev–Trinajstić information content (AvgIpc) is 3.46. The van der Waals surface area contributed by atoms with E-state index < -0.39 is 12.0 Å². The van der Waals surface area contributed by atoms with E-state index in [9.17, 15) is 14.0 Å². The van der Waals surface area contributed by atoms with Gasteiger partial charge in [0, 0.05) is 18.8 Å². The Hall–Kier alpha value is -2.91. The first-order chi connectivity index (χ1) is 16.0. The van der Waals surface area contributed by atoms with E-state index >= 15 is 0 Å². The predicted octanol–water partition coefficient (Wildman–Crippen LogP) is 3.82. The third-order valence-corrected chi connectivity index (χ3v) is 6.52. The Balaban J connectivity index is 1.59. The lowest BCUT2D eigenvalue weighted by Crippen LogP contribution is -2.38. The minimum atomic E-state index is -0.595. The molecule has 3 aliphatic heterocycles. The second-order valence-corrected chi connectivity index (χ2v) is 8.78. The van der Waals surface area contributed by atoms with Gasteiger partial charge >= 0.3 is 5.97 Å². The molecule has 0 bridgehead atoms. The molecule has 0 saturated carbocycles. The maximum absolute atomic E-state index is 13.7. The molecule has 1 aromatic rings. The number of hydrogen-bond donors (Lipinski definition) is 1. The molecule has 0 aliphatic carbocycles. The zero-order chi connectivity index (χ0) is 23.4. The number of ether oxygens (including phenoxy) is 2. The van der Waals surface area contributed by atoms with Crippen molar-refractivity contribution in [2.24, 2.45) is 4.99 Å². The maximum atomic E-state index is 13.7. The minimum Gasteiger partial charge on any atom is -0.458 e. The summed E-state index contributed by atoms with van der Waals surface area (Å²) in [6.45, 7) is 6.60. The number of amides is 1. The largest absolute Gasteiger partial charge is 0.458 e. The molecule has 0 unspecified atom stereocenters. The molecule has 1 saturated heterocycles. The Morgan fingerprint density at radius 2 is 2.18 bits per heavy atom. The molecule has 3 aliphatic rings. The van der Waals surface area contributed by atoms with Crippen molar-refractivity contribution >= 4 is 28.8 Å². The molecule has 9 heteroatoms. The number of fused-ring (bicyclic) bond motifs is 1. The number of nitrogens with zero attached hydrogens (tertiary/aromatic N) is 2. The summed E-state index contributed by atoms with van der Waals surface area (Å²) >= 11 is 1.39. The van der Waals surface area contributed by atoms with Gasteiger partial charge in [0.05, 0.1) is 29.8 Å². The second-order valence-electron chi connectivity index (χ2n) is 7.95. The molecular weight excluding hydrogens is 445 g/mol.